The molecule has 3 heteroatoms. The minimum Gasteiger partial charge on any atom is -0.343 e. The van der Waals surface area contributed by atoms with Gasteiger partial charge in [-0.2, -0.15) is 0 Å². The van der Waals surface area contributed by atoms with Gasteiger partial charge in [-0.1, -0.05) is 13.8 Å². The molecule has 1 fully saturated rings. The second-order valence-electron chi connectivity index (χ2n) is 2.96. The topological polar surface area (TPSA) is 12.5 Å². The average Bonchev–Trinajstić information content (AvgIpc) is 1.88. The summed E-state index contributed by atoms with van der Waals surface area (Å²) in [4.78, 5) is 0. The summed E-state index contributed by atoms with van der Waals surface area (Å²) in [5, 5.41) is 0. The van der Waals surface area contributed by atoms with Crippen molar-refractivity contribution in [3.8, 4) is 0 Å². The molecule has 10 heavy (non-hydrogen) atoms. The van der Waals surface area contributed by atoms with Crippen molar-refractivity contribution in [2.24, 2.45) is 0 Å². The van der Waals surface area contributed by atoms with Crippen LogP contribution < -0.4 is 0 Å². The average molecular weight is 161 g/mol. The molecule has 0 amide bonds. The molecule has 2 nitrogen and oxygen atoms in total. The van der Waals surface area contributed by atoms with Gasteiger partial charge in [-0.15, -0.1) is 0 Å². The first-order valence-corrected chi connectivity index (χ1v) is 5.13. The lowest BCUT2D eigenvalue weighted by Crippen LogP contribution is -2.25. The first-order valence-electron chi connectivity index (χ1n) is 3.85. The Hall–Kier alpha value is 0.350. The number of hydrogen-bond acceptors (Lipinski definition) is 2. The van der Waals surface area contributed by atoms with Gasteiger partial charge in [0.1, 0.15) is 8.30 Å². The van der Waals surface area contributed by atoms with Crippen LogP contribution in [0.2, 0.25) is 0 Å². The molecule has 0 aromatic carbocycles. The summed E-state index contributed by atoms with van der Waals surface area (Å²) in [6.07, 6.45) is 1.20. The lowest BCUT2D eigenvalue weighted by molar-refractivity contribution is 0.257. The highest BCUT2D eigenvalue weighted by Crippen LogP contribution is 2.47. The van der Waals surface area contributed by atoms with Crippen molar-refractivity contribution >= 4 is 8.30 Å². The Bertz CT molecular complexity index is 108. The highest BCUT2D eigenvalue weighted by Gasteiger charge is 2.22. The monoisotopic (exact) mass is 161 g/mol. The van der Waals surface area contributed by atoms with Crippen molar-refractivity contribution in [2.45, 2.75) is 25.9 Å². The number of rotatable bonds is 1. The number of nitrogens with zero attached hydrogens (tertiary/aromatic N) is 1. The molecule has 0 saturated carbocycles. The normalized spacial score (nSPS) is 29.4. The Labute approximate surface area is 64.4 Å². The van der Waals surface area contributed by atoms with Gasteiger partial charge in [-0.05, 0) is 13.5 Å². The fourth-order valence-electron chi connectivity index (χ4n) is 1.19. The van der Waals surface area contributed by atoms with Gasteiger partial charge in [-0.25, -0.2) is 0 Å². The van der Waals surface area contributed by atoms with E-state index >= 15 is 0 Å². The second kappa shape index (κ2) is 3.66. The van der Waals surface area contributed by atoms with E-state index in [0.717, 1.165) is 6.61 Å². The largest absolute Gasteiger partial charge is 0.343 e. The van der Waals surface area contributed by atoms with Gasteiger partial charge < -0.3 is 4.52 Å². The van der Waals surface area contributed by atoms with Gasteiger partial charge in [-0.3, -0.25) is 4.67 Å². The lowest BCUT2D eigenvalue weighted by Gasteiger charge is -2.34. The van der Waals surface area contributed by atoms with Crippen LogP contribution in [0.25, 0.3) is 0 Å². The van der Waals surface area contributed by atoms with Crippen LogP contribution in [0.1, 0.15) is 20.3 Å². The summed E-state index contributed by atoms with van der Waals surface area (Å²) >= 11 is 0. The summed E-state index contributed by atoms with van der Waals surface area (Å²) in [6, 6.07) is 0. The van der Waals surface area contributed by atoms with E-state index in [-0.39, 0.29) is 8.30 Å². The molecule has 1 unspecified atom stereocenters. The van der Waals surface area contributed by atoms with E-state index in [1.165, 1.54) is 13.0 Å². The second-order valence-corrected chi connectivity index (χ2v) is 5.54. The third kappa shape index (κ3) is 1.91. The Morgan fingerprint density at radius 3 is 2.60 bits per heavy atom. The van der Waals surface area contributed by atoms with Crippen molar-refractivity contribution in [2.75, 3.05) is 20.2 Å². The maximum absolute atomic E-state index is 5.64. The maximum atomic E-state index is 5.64. The third-order valence-electron chi connectivity index (χ3n) is 1.63. The van der Waals surface area contributed by atoms with E-state index < -0.39 is 0 Å². The summed E-state index contributed by atoms with van der Waals surface area (Å²) in [7, 11) is 1.90. The Morgan fingerprint density at radius 2 is 2.20 bits per heavy atom. The standard InChI is InChI=1S/C7H16NOP/c1-7(2)10-8(3)5-4-6-9-10/h7H,4-6H2,1-3H3. The maximum Gasteiger partial charge on any atom is 0.106 e. The van der Waals surface area contributed by atoms with Crippen molar-refractivity contribution in [3.63, 3.8) is 0 Å². The van der Waals surface area contributed by atoms with Crippen molar-refractivity contribution in [1.82, 2.24) is 4.67 Å². The molecule has 0 aromatic rings. The minimum absolute atomic E-state index is 0.259. The van der Waals surface area contributed by atoms with Crippen LogP contribution in [-0.2, 0) is 4.52 Å². The van der Waals surface area contributed by atoms with Gasteiger partial charge in [0.2, 0.25) is 0 Å². The zero-order chi connectivity index (χ0) is 7.56. The molecular formula is C7H16NOP. The Morgan fingerprint density at radius 1 is 1.50 bits per heavy atom. The van der Waals surface area contributed by atoms with Crippen LogP contribution in [-0.4, -0.2) is 30.5 Å². The molecule has 0 bridgehead atoms. The van der Waals surface area contributed by atoms with Gasteiger partial charge in [0.05, 0.1) is 6.61 Å². The molecule has 1 aliphatic heterocycles. The van der Waals surface area contributed by atoms with Crippen molar-refractivity contribution in [3.05, 3.63) is 0 Å². The number of hydrogen-bond donors (Lipinski definition) is 0. The van der Waals surface area contributed by atoms with Crippen LogP contribution in [0.5, 0.6) is 0 Å². The minimum atomic E-state index is -0.259. The van der Waals surface area contributed by atoms with Crippen LogP contribution >= 0.6 is 8.30 Å². The smallest absolute Gasteiger partial charge is 0.106 e. The molecule has 1 heterocycles. The van der Waals surface area contributed by atoms with Gasteiger partial charge in [0.25, 0.3) is 0 Å². The molecule has 1 rings (SSSR count). The summed E-state index contributed by atoms with van der Waals surface area (Å²) < 4.78 is 7.99. The first-order chi connectivity index (χ1) is 4.72. The van der Waals surface area contributed by atoms with Crippen LogP contribution in [0, 0.1) is 0 Å². The third-order valence-corrected chi connectivity index (χ3v) is 3.83. The van der Waals surface area contributed by atoms with Crippen LogP contribution in [0.3, 0.4) is 0 Å². The van der Waals surface area contributed by atoms with E-state index in [9.17, 15) is 0 Å². The van der Waals surface area contributed by atoms with E-state index in [1.54, 1.807) is 0 Å². The molecule has 1 saturated heterocycles. The molecule has 0 N–H and O–H groups in total. The van der Waals surface area contributed by atoms with Gasteiger partial charge >= 0.3 is 0 Å². The quantitative estimate of drug-likeness (QED) is 0.546. The fraction of sp³-hybridized carbons (Fsp3) is 1.00. The molecule has 1 atom stereocenters. The molecule has 0 radical (unpaired) electrons. The highest BCUT2D eigenvalue weighted by molar-refractivity contribution is 7.50. The molecule has 0 spiro atoms. The molecule has 0 aliphatic carbocycles. The predicted molar refractivity (Wildman–Crippen MR) is 45.3 cm³/mol. The fourth-order valence-corrected chi connectivity index (χ4v) is 3.13. The lowest BCUT2D eigenvalue weighted by atomic mass is 10.5. The zero-order valence-electron chi connectivity index (χ0n) is 7.00. The van der Waals surface area contributed by atoms with E-state index in [4.69, 9.17) is 4.52 Å². The zero-order valence-corrected chi connectivity index (χ0v) is 7.90. The van der Waals surface area contributed by atoms with E-state index in [1.807, 2.05) is 0 Å². The first kappa shape index (κ1) is 8.45. The van der Waals surface area contributed by atoms with Gasteiger partial charge in [0, 0.05) is 12.2 Å². The van der Waals surface area contributed by atoms with Crippen molar-refractivity contribution < 1.29 is 4.52 Å². The highest BCUT2D eigenvalue weighted by atomic mass is 31.2. The SMILES string of the molecule is CC(C)P1OCCCN1C. The summed E-state index contributed by atoms with van der Waals surface area (Å²) in [5.41, 5.74) is 0.681. The van der Waals surface area contributed by atoms with E-state index in [0.29, 0.717) is 5.66 Å². The van der Waals surface area contributed by atoms with E-state index in [2.05, 4.69) is 25.6 Å². The summed E-state index contributed by atoms with van der Waals surface area (Å²) in [5.74, 6) is 0. The Kier molecular flexibility index (Phi) is 3.09. The van der Waals surface area contributed by atoms with Crippen LogP contribution in [0.4, 0.5) is 0 Å². The van der Waals surface area contributed by atoms with Crippen molar-refractivity contribution in [1.29, 1.82) is 0 Å². The molecular weight excluding hydrogens is 145 g/mol. The van der Waals surface area contributed by atoms with Crippen LogP contribution in [0.15, 0.2) is 0 Å². The molecule has 1 aliphatic rings. The van der Waals surface area contributed by atoms with Gasteiger partial charge in [0.15, 0.2) is 0 Å². The molecule has 60 valence electrons. The predicted octanol–water partition coefficient (Wildman–Crippen LogP) is 2.06. The summed E-state index contributed by atoms with van der Waals surface area (Å²) in [6.45, 7) is 6.64. The molecule has 0 aromatic heterocycles. The Balaban J connectivity index is 2.40.